The molecule has 0 aromatic carbocycles. The molecule has 0 aromatic rings. The molecule has 3 heteroatoms. The highest BCUT2D eigenvalue weighted by molar-refractivity contribution is 9.09. The van der Waals surface area contributed by atoms with Gasteiger partial charge in [0, 0.05) is 10.7 Å². The summed E-state index contributed by atoms with van der Waals surface area (Å²) in [6.07, 6.45) is 0.646. The van der Waals surface area contributed by atoms with Crippen molar-refractivity contribution in [2.75, 3.05) is 0 Å². The lowest BCUT2D eigenvalue weighted by atomic mass is 10.0. The average molecular weight is 207 g/mol. The number of alkyl halides is 1. The van der Waals surface area contributed by atoms with Gasteiger partial charge in [0.05, 0.1) is 6.42 Å². The standard InChI is InChI=1S/C7H11BrO2/c1-4-3-6(9)10-7(4)5(2)8/h4-5,7H,3H2,1-2H3/t4-,5+,7-/m1/s1. The minimum absolute atomic E-state index is 0.0659. The van der Waals surface area contributed by atoms with E-state index in [4.69, 9.17) is 4.74 Å². The molecule has 0 aromatic heterocycles. The summed E-state index contributed by atoms with van der Waals surface area (Å²) in [5.41, 5.74) is 0. The van der Waals surface area contributed by atoms with Crippen molar-refractivity contribution >= 4 is 21.9 Å². The van der Waals surface area contributed by atoms with Crippen molar-refractivity contribution in [2.45, 2.75) is 31.2 Å². The van der Waals surface area contributed by atoms with Gasteiger partial charge < -0.3 is 4.74 Å². The van der Waals surface area contributed by atoms with Gasteiger partial charge in [-0.15, -0.1) is 0 Å². The van der Waals surface area contributed by atoms with Crippen LogP contribution in [0.25, 0.3) is 0 Å². The lowest BCUT2D eigenvalue weighted by Crippen LogP contribution is -2.22. The monoisotopic (exact) mass is 206 g/mol. The van der Waals surface area contributed by atoms with E-state index in [-0.39, 0.29) is 16.9 Å². The van der Waals surface area contributed by atoms with E-state index in [1.165, 1.54) is 0 Å². The lowest BCUT2D eigenvalue weighted by molar-refractivity contribution is -0.141. The maximum Gasteiger partial charge on any atom is 0.306 e. The largest absolute Gasteiger partial charge is 0.461 e. The summed E-state index contributed by atoms with van der Waals surface area (Å²) < 4.78 is 5.05. The Balaban J connectivity index is 2.54. The van der Waals surface area contributed by atoms with E-state index >= 15 is 0 Å². The Morgan fingerprint density at radius 1 is 1.80 bits per heavy atom. The summed E-state index contributed by atoms with van der Waals surface area (Å²) in [7, 11) is 0. The van der Waals surface area contributed by atoms with E-state index in [9.17, 15) is 4.79 Å². The van der Waals surface area contributed by atoms with Gasteiger partial charge in [-0.1, -0.05) is 22.9 Å². The summed E-state index contributed by atoms with van der Waals surface area (Å²) >= 11 is 3.39. The molecule has 0 unspecified atom stereocenters. The molecule has 0 saturated carbocycles. The fourth-order valence-electron chi connectivity index (χ4n) is 1.24. The Morgan fingerprint density at radius 3 is 2.60 bits per heavy atom. The molecule has 0 radical (unpaired) electrons. The quantitative estimate of drug-likeness (QED) is 0.483. The number of carbonyl (C=O) groups excluding carboxylic acids is 1. The van der Waals surface area contributed by atoms with Crippen LogP contribution in [0.15, 0.2) is 0 Å². The predicted octanol–water partition coefficient (Wildman–Crippen LogP) is 1.72. The lowest BCUT2D eigenvalue weighted by Gasteiger charge is -2.15. The number of rotatable bonds is 1. The normalized spacial score (nSPS) is 35.7. The fraction of sp³-hybridized carbons (Fsp3) is 0.857. The summed E-state index contributed by atoms with van der Waals surface area (Å²) in [6.45, 7) is 4.03. The van der Waals surface area contributed by atoms with E-state index in [1.54, 1.807) is 0 Å². The van der Waals surface area contributed by atoms with Crippen molar-refractivity contribution in [2.24, 2.45) is 5.92 Å². The predicted molar refractivity (Wildman–Crippen MR) is 42.1 cm³/mol. The summed E-state index contributed by atoms with van der Waals surface area (Å²) in [5.74, 6) is 0.297. The zero-order valence-electron chi connectivity index (χ0n) is 6.13. The number of hydrogen-bond donors (Lipinski definition) is 0. The van der Waals surface area contributed by atoms with Crippen LogP contribution in [0.3, 0.4) is 0 Å². The number of hydrogen-bond acceptors (Lipinski definition) is 2. The first-order valence-electron chi connectivity index (χ1n) is 3.45. The Labute approximate surface area is 69.1 Å². The third kappa shape index (κ3) is 1.51. The van der Waals surface area contributed by atoms with Gasteiger partial charge in [-0.2, -0.15) is 0 Å². The Hall–Kier alpha value is -0.0500. The molecule has 1 rings (SSSR count). The van der Waals surface area contributed by atoms with Crippen LogP contribution >= 0.6 is 15.9 Å². The van der Waals surface area contributed by atoms with E-state index in [1.807, 2.05) is 13.8 Å². The SMILES string of the molecule is C[C@H](Br)[C@@H]1OC(=O)C[C@H]1C. The average Bonchev–Trinajstić information content (AvgIpc) is 2.10. The smallest absolute Gasteiger partial charge is 0.306 e. The third-order valence-corrected chi connectivity index (χ3v) is 2.29. The summed E-state index contributed by atoms with van der Waals surface area (Å²) in [5, 5.41) is 0. The van der Waals surface area contributed by atoms with Crippen LogP contribution in [0, 0.1) is 5.92 Å². The van der Waals surface area contributed by atoms with Crippen molar-refractivity contribution in [3.05, 3.63) is 0 Å². The van der Waals surface area contributed by atoms with Crippen LogP contribution in [0.5, 0.6) is 0 Å². The third-order valence-electron chi connectivity index (χ3n) is 1.77. The molecular weight excluding hydrogens is 196 g/mol. The van der Waals surface area contributed by atoms with Crippen molar-refractivity contribution in [3.8, 4) is 0 Å². The summed E-state index contributed by atoms with van der Waals surface area (Å²) in [6, 6.07) is 0. The minimum Gasteiger partial charge on any atom is -0.461 e. The molecule has 0 spiro atoms. The Kier molecular flexibility index (Phi) is 2.34. The molecule has 1 aliphatic heterocycles. The highest BCUT2D eigenvalue weighted by atomic mass is 79.9. The van der Waals surface area contributed by atoms with Crippen molar-refractivity contribution in [1.29, 1.82) is 0 Å². The number of halogens is 1. The first-order chi connectivity index (χ1) is 4.61. The van der Waals surface area contributed by atoms with Gasteiger partial charge in [-0.05, 0) is 6.92 Å². The number of esters is 1. The van der Waals surface area contributed by atoms with Gasteiger partial charge in [0.1, 0.15) is 6.10 Å². The zero-order valence-corrected chi connectivity index (χ0v) is 7.72. The van der Waals surface area contributed by atoms with Crippen LogP contribution in [0.1, 0.15) is 20.3 Å². The number of carbonyl (C=O) groups is 1. The van der Waals surface area contributed by atoms with Crippen LogP contribution in [0.4, 0.5) is 0 Å². The molecule has 1 heterocycles. The molecule has 3 atom stereocenters. The van der Waals surface area contributed by atoms with Gasteiger partial charge in [0.15, 0.2) is 0 Å². The van der Waals surface area contributed by atoms with Gasteiger partial charge in [-0.3, -0.25) is 4.79 Å². The molecule has 10 heavy (non-hydrogen) atoms. The highest BCUT2D eigenvalue weighted by Crippen LogP contribution is 2.26. The van der Waals surface area contributed by atoms with Crippen LogP contribution < -0.4 is 0 Å². The van der Waals surface area contributed by atoms with E-state index in [0.717, 1.165) is 0 Å². The number of ether oxygens (including phenoxy) is 1. The van der Waals surface area contributed by atoms with E-state index in [0.29, 0.717) is 12.3 Å². The first-order valence-corrected chi connectivity index (χ1v) is 4.36. The maximum atomic E-state index is 10.7. The van der Waals surface area contributed by atoms with E-state index in [2.05, 4.69) is 15.9 Å². The fourth-order valence-corrected chi connectivity index (χ4v) is 1.87. The first kappa shape index (κ1) is 8.05. The molecule has 1 saturated heterocycles. The maximum absolute atomic E-state index is 10.7. The van der Waals surface area contributed by atoms with Gasteiger partial charge in [0.2, 0.25) is 0 Å². The molecule has 1 fully saturated rings. The van der Waals surface area contributed by atoms with Crippen molar-refractivity contribution in [1.82, 2.24) is 0 Å². The Morgan fingerprint density at radius 2 is 2.40 bits per heavy atom. The molecule has 0 bridgehead atoms. The van der Waals surface area contributed by atoms with Crippen molar-refractivity contribution in [3.63, 3.8) is 0 Å². The highest BCUT2D eigenvalue weighted by Gasteiger charge is 2.33. The van der Waals surface area contributed by atoms with Gasteiger partial charge in [0.25, 0.3) is 0 Å². The molecule has 1 aliphatic rings. The van der Waals surface area contributed by atoms with Crippen LogP contribution in [0.2, 0.25) is 0 Å². The zero-order chi connectivity index (χ0) is 7.72. The molecule has 58 valence electrons. The second kappa shape index (κ2) is 2.91. The molecule has 0 aliphatic carbocycles. The molecular formula is C7H11BrO2. The molecule has 0 N–H and O–H groups in total. The van der Waals surface area contributed by atoms with Crippen molar-refractivity contribution < 1.29 is 9.53 Å². The minimum atomic E-state index is -0.0659. The Bertz CT molecular complexity index is 145. The topological polar surface area (TPSA) is 26.3 Å². The summed E-state index contributed by atoms with van der Waals surface area (Å²) in [4.78, 5) is 11.0. The van der Waals surface area contributed by atoms with E-state index < -0.39 is 0 Å². The van der Waals surface area contributed by atoms with Gasteiger partial charge in [-0.25, -0.2) is 0 Å². The number of cyclic esters (lactones) is 1. The molecule has 2 nitrogen and oxygen atoms in total. The van der Waals surface area contributed by atoms with Crippen LogP contribution in [-0.4, -0.2) is 16.9 Å². The second-order valence-electron chi connectivity index (χ2n) is 2.81. The van der Waals surface area contributed by atoms with Crippen LogP contribution in [-0.2, 0) is 9.53 Å². The van der Waals surface area contributed by atoms with Gasteiger partial charge >= 0.3 is 5.97 Å². The molecule has 0 amide bonds. The second-order valence-corrected chi connectivity index (χ2v) is 4.26.